The number of hydrogen-bond donors (Lipinski definition) is 2. The van der Waals surface area contributed by atoms with E-state index in [1.54, 1.807) is 6.08 Å². The number of aromatic amines is 1. The van der Waals surface area contributed by atoms with E-state index in [9.17, 15) is 4.79 Å². The van der Waals surface area contributed by atoms with Crippen molar-refractivity contribution < 1.29 is 14.3 Å². The summed E-state index contributed by atoms with van der Waals surface area (Å²) in [7, 11) is 1.35. The van der Waals surface area contributed by atoms with Crippen molar-refractivity contribution in [3.05, 3.63) is 71.9 Å². The first-order valence-electron chi connectivity index (χ1n) is 8.45. The van der Waals surface area contributed by atoms with Crippen LogP contribution in [0.5, 0.6) is 5.75 Å². The standard InChI is InChI=1S/C21H22N2O3/c1-25-21(24)11-8-15-6-9-18(10-7-15)26-14-17(22)12-16-13-23-20-5-3-2-4-19(16)20/h2-11,13,17,23H,12,14,22H2,1H3/b11-8+/t17-/m0/s1. The monoisotopic (exact) mass is 350 g/mol. The Bertz CT molecular complexity index is 897. The number of carbonyl (C=O) groups is 1. The minimum Gasteiger partial charge on any atom is -0.492 e. The fourth-order valence-electron chi connectivity index (χ4n) is 2.75. The first kappa shape index (κ1) is 17.8. The van der Waals surface area contributed by atoms with Gasteiger partial charge in [-0.25, -0.2) is 4.79 Å². The highest BCUT2D eigenvalue weighted by Crippen LogP contribution is 2.19. The molecule has 5 heteroatoms. The van der Waals surface area contributed by atoms with Gasteiger partial charge in [-0.3, -0.25) is 0 Å². The van der Waals surface area contributed by atoms with Gasteiger partial charge in [0.05, 0.1) is 7.11 Å². The van der Waals surface area contributed by atoms with Crippen molar-refractivity contribution in [1.29, 1.82) is 0 Å². The van der Waals surface area contributed by atoms with Gasteiger partial charge in [0.2, 0.25) is 0 Å². The normalized spacial score (nSPS) is 12.4. The molecule has 134 valence electrons. The molecule has 0 bridgehead atoms. The lowest BCUT2D eigenvalue weighted by molar-refractivity contribution is -0.134. The molecule has 0 spiro atoms. The molecule has 26 heavy (non-hydrogen) atoms. The maximum atomic E-state index is 11.1. The molecule has 0 radical (unpaired) electrons. The highest BCUT2D eigenvalue weighted by molar-refractivity contribution is 5.87. The molecule has 3 N–H and O–H groups in total. The average molecular weight is 350 g/mol. The second-order valence-electron chi connectivity index (χ2n) is 6.06. The molecular weight excluding hydrogens is 328 g/mol. The van der Waals surface area contributed by atoms with E-state index in [0.717, 1.165) is 23.3 Å². The van der Waals surface area contributed by atoms with Gasteiger partial charge in [-0.15, -0.1) is 0 Å². The van der Waals surface area contributed by atoms with E-state index in [0.29, 0.717) is 6.61 Å². The summed E-state index contributed by atoms with van der Waals surface area (Å²) in [6.45, 7) is 0.427. The van der Waals surface area contributed by atoms with E-state index in [1.165, 1.54) is 24.1 Å². The van der Waals surface area contributed by atoms with Gasteiger partial charge in [0.15, 0.2) is 0 Å². The third kappa shape index (κ3) is 4.52. The largest absolute Gasteiger partial charge is 0.492 e. The molecule has 3 aromatic rings. The van der Waals surface area contributed by atoms with Crippen molar-refractivity contribution in [3.8, 4) is 5.75 Å². The van der Waals surface area contributed by atoms with Crippen LogP contribution in [0.4, 0.5) is 0 Å². The maximum absolute atomic E-state index is 11.1. The van der Waals surface area contributed by atoms with Crippen molar-refractivity contribution in [2.75, 3.05) is 13.7 Å². The van der Waals surface area contributed by atoms with Gasteiger partial charge in [0.25, 0.3) is 0 Å². The highest BCUT2D eigenvalue weighted by Gasteiger charge is 2.09. The Labute approximate surface area is 152 Å². The van der Waals surface area contributed by atoms with Crippen molar-refractivity contribution in [3.63, 3.8) is 0 Å². The van der Waals surface area contributed by atoms with Crippen LogP contribution in [0.1, 0.15) is 11.1 Å². The number of ether oxygens (including phenoxy) is 2. The molecule has 3 rings (SSSR count). The van der Waals surface area contributed by atoms with Crippen molar-refractivity contribution in [2.24, 2.45) is 5.73 Å². The van der Waals surface area contributed by atoms with Crippen LogP contribution < -0.4 is 10.5 Å². The summed E-state index contributed by atoms with van der Waals surface area (Å²) in [5.41, 5.74) is 9.43. The van der Waals surface area contributed by atoms with Crippen LogP contribution in [-0.2, 0) is 16.0 Å². The molecule has 0 amide bonds. The molecule has 1 aromatic heterocycles. The van der Waals surface area contributed by atoms with Crippen LogP contribution in [0.3, 0.4) is 0 Å². The molecule has 0 unspecified atom stereocenters. The lowest BCUT2D eigenvalue weighted by atomic mass is 10.1. The lowest BCUT2D eigenvalue weighted by Gasteiger charge is -2.13. The molecule has 0 saturated carbocycles. The lowest BCUT2D eigenvalue weighted by Crippen LogP contribution is -2.30. The molecule has 0 aliphatic carbocycles. The number of carbonyl (C=O) groups excluding carboxylic acids is 1. The molecule has 0 aliphatic rings. The number of methoxy groups -OCH3 is 1. The minimum atomic E-state index is -0.381. The van der Waals surface area contributed by atoms with Gasteiger partial charge in [0.1, 0.15) is 12.4 Å². The van der Waals surface area contributed by atoms with E-state index in [1.807, 2.05) is 42.6 Å². The minimum absolute atomic E-state index is 0.104. The van der Waals surface area contributed by atoms with E-state index in [2.05, 4.69) is 21.9 Å². The zero-order chi connectivity index (χ0) is 18.4. The van der Waals surface area contributed by atoms with Gasteiger partial charge in [0, 0.05) is 29.2 Å². The zero-order valence-corrected chi connectivity index (χ0v) is 14.6. The fraction of sp³-hybridized carbons (Fsp3) is 0.190. The third-order valence-corrected chi connectivity index (χ3v) is 4.11. The van der Waals surface area contributed by atoms with Crippen LogP contribution in [0.2, 0.25) is 0 Å². The summed E-state index contributed by atoms with van der Waals surface area (Å²) in [6, 6.07) is 15.5. The van der Waals surface area contributed by atoms with Crippen LogP contribution in [0.25, 0.3) is 17.0 Å². The molecule has 1 heterocycles. The Morgan fingerprint density at radius 2 is 1.96 bits per heavy atom. The first-order chi connectivity index (χ1) is 12.7. The average Bonchev–Trinajstić information content (AvgIpc) is 3.08. The van der Waals surface area contributed by atoms with Gasteiger partial charge in [-0.05, 0) is 41.8 Å². The fourth-order valence-corrected chi connectivity index (χ4v) is 2.75. The topological polar surface area (TPSA) is 77.3 Å². The quantitative estimate of drug-likeness (QED) is 0.506. The molecule has 0 aliphatic heterocycles. The number of hydrogen-bond acceptors (Lipinski definition) is 4. The zero-order valence-electron chi connectivity index (χ0n) is 14.6. The van der Waals surface area contributed by atoms with Crippen LogP contribution >= 0.6 is 0 Å². The van der Waals surface area contributed by atoms with Gasteiger partial charge in [-0.2, -0.15) is 0 Å². The predicted octanol–water partition coefficient (Wildman–Crippen LogP) is 3.30. The number of rotatable bonds is 7. The van der Waals surface area contributed by atoms with Crippen LogP contribution in [0.15, 0.2) is 60.8 Å². The SMILES string of the molecule is COC(=O)/C=C/c1ccc(OC[C@@H](N)Cc2c[nH]c3ccccc23)cc1. The number of fused-ring (bicyclic) bond motifs is 1. The van der Waals surface area contributed by atoms with Crippen molar-refractivity contribution >= 4 is 22.9 Å². The smallest absolute Gasteiger partial charge is 0.330 e. The second kappa shape index (κ2) is 8.36. The van der Waals surface area contributed by atoms with Crippen LogP contribution in [0, 0.1) is 0 Å². The van der Waals surface area contributed by atoms with Gasteiger partial charge in [-0.1, -0.05) is 30.3 Å². The van der Waals surface area contributed by atoms with Gasteiger partial charge < -0.3 is 20.2 Å². The molecule has 1 atom stereocenters. The van der Waals surface area contributed by atoms with E-state index in [-0.39, 0.29) is 12.0 Å². The Kier molecular flexibility index (Phi) is 5.71. The number of H-pyrrole nitrogens is 1. The molecule has 2 aromatic carbocycles. The Morgan fingerprint density at radius 3 is 2.73 bits per heavy atom. The van der Waals surface area contributed by atoms with E-state index >= 15 is 0 Å². The third-order valence-electron chi connectivity index (χ3n) is 4.11. The summed E-state index contributed by atoms with van der Waals surface area (Å²) in [4.78, 5) is 14.4. The van der Waals surface area contributed by atoms with Crippen molar-refractivity contribution in [1.82, 2.24) is 4.98 Å². The van der Waals surface area contributed by atoms with E-state index < -0.39 is 0 Å². The van der Waals surface area contributed by atoms with Gasteiger partial charge >= 0.3 is 5.97 Å². The predicted molar refractivity (Wildman–Crippen MR) is 103 cm³/mol. The summed E-state index contributed by atoms with van der Waals surface area (Å²) in [5.74, 6) is 0.364. The number of para-hydroxylation sites is 1. The first-order valence-corrected chi connectivity index (χ1v) is 8.45. The summed E-state index contributed by atoms with van der Waals surface area (Å²) < 4.78 is 10.3. The summed E-state index contributed by atoms with van der Waals surface area (Å²) in [6.07, 6.45) is 5.82. The highest BCUT2D eigenvalue weighted by atomic mass is 16.5. The molecule has 5 nitrogen and oxygen atoms in total. The molecule has 0 fully saturated rings. The molecule has 0 saturated heterocycles. The summed E-state index contributed by atoms with van der Waals surface area (Å²) >= 11 is 0. The Morgan fingerprint density at radius 1 is 1.19 bits per heavy atom. The number of nitrogens with two attached hydrogens (primary N) is 1. The Balaban J connectivity index is 1.53. The van der Waals surface area contributed by atoms with E-state index in [4.69, 9.17) is 10.5 Å². The summed E-state index contributed by atoms with van der Waals surface area (Å²) in [5, 5.41) is 1.20. The number of aromatic nitrogens is 1. The Hall–Kier alpha value is -3.05. The maximum Gasteiger partial charge on any atom is 0.330 e. The number of esters is 1. The number of nitrogens with one attached hydrogen (secondary N) is 1. The number of benzene rings is 2. The molecular formula is C21H22N2O3. The van der Waals surface area contributed by atoms with Crippen molar-refractivity contribution in [2.45, 2.75) is 12.5 Å². The van der Waals surface area contributed by atoms with Crippen LogP contribution in [-0.4, -0.2) is 30.7 Å². The second-order valence-corrected chi connectivity index (χ2v) is 6.06.